The molecule has 170 valence electrons. The summed E-state index contributed by atoms with van der Waals surface area (Å²) in [4.78, 5) is 13.6. The molecule has 2 aromatic carbocycles. The molecule has 0 spiro atoms. The number of rotatable bonds is 3. The van der Waals surface area contributed by atoms with Gasteiger partial charge in [-0.05, 0) is 68.4 Å². The zero-order chi connectivity index (χ0) is 24.2. The molecule has 6 rings (SSSR count). The number of para-hydroxylation sites is 1. The monoisotopic (exact) mass is 454 g/mol. The summed E-state index contributed by atoms with van der Waals surface area (Å²) in [6, 6.07) is 27.5. The minimum Gasteiger partial charge on any atom is -0.309 e. The zero-order valence-corrected chi connectivity index (χ0v) is 19.9. The van der Waals surface area contributed by atoms with Gasteiger partial charge in [0.2, 0.25) is 0 Å². The first-order chi connectivity index (χ1) is 17.2. The van der Waals surface area contributed by atoms with Crippen LogP contribution in [-0.4, -0.2) is 19.5 Å². The molecule has 4 aromatic heterocycles. The van der Waals surface area contributed by atoms with Crippen molar-refractivity contribution < 1.29 is 0 Å². The number of benzene rings is 2. The molecule has 0 unspecified atom stereocenters. The molecule has 0 aliphatic heterocycles. The highest BCUT2D eigenvalue weighted by Gasteiger charge is 2.15. The Morgan fingerprint density at radius 3 is 1.91 bits per heavy atom. The summed E-state index contributed by atoms with van der Waals surface area (Å²) < 4.78 is 2.32. The van der Waals surface area contributed by atoms with Crippen molar-refractivity contribution in [2.45, 2.75) is 13.8 Å². The molecule has 0 radical (unpaired) electrons. The van der Waals surface area contributed by atoms with Crippen LogP contribution in [0.5, 0.6) is 0 Å². The predicted octanol–water partition coefficient (Wildman–Crippen LogP) is 7.80. The quantitative estimate of drug-likeness (QED) is 0.256. The molecule has 35 heavy (non-hydrogen) atoms. The van der Waals surface area contributed by atoms with Crippen LogP contribution in [0.15, 0.2) is 116 Å². The number of hydrogen-bond acceptors (Lipinski definition) is 3. The molecule has 0 bridgehead atoms. The third-order valence-electron chi connectivity index (χ3n) is 5.81. The Balaban J connectivity index is 0.000000806. The van der Waals surface area contributed by atoms with Crippen molar-refractivity contribution >= 4 is 21.8 Å². The molecule has 4 heteroatoms. The van der Waals surface area contributed by atoms with Crippen LogP contribution < -0.4 is 0 Å². The molecule has 0 saturated heterocycles. The fourth-order valence-corrected chi connectivity index (χ4v) is 4.33. The Labute approximate surface area is 205 Å². The van der Waals surface area contributed by atoms with Gasteiger partial charge in [0.1, 0.15) is 0 Å². The smallest absolute Gasteiger partial charge is 0.0745 e. The van der Waals surface area contributed by atoms with Gasteiger partial charge in [0.05, 0.1) is 28.1 Å². The van der Waals surface area contributed by atoms with Gasteiger partial charge in [-0.2, -0.15) is 0 Å². The van der Waals surface area contributed by atoms with Crippen LogP contribution in [0.3, 0.4) is 0 Å². The summed E-state index contributed by atoms with van der Waals surface area (Å²) in [7, 11) is 0. The van der Waals surface area contributed by atoms with Gasteiger partial charge in [0, 0.05) is 46.7 Å². The van der Waals surface area contributed by atoms with Gasteiger partial charge in [0.25, 0.3) is 0 Å². The summed E-state index contributed by atoms with van der Waals surface area (Å²) in [5.74, 6) is 0. The highest BCUT2D eigenvalue weighted by Crippen LogP contribution is 2.34. The molecule has 0 aliphatic rings. The Hall–Kier alpha value is -4.57. The summed E-state index contributed by atoms with van der Waals surface area (Å²) in [5.41, 5.74) is 8.40. The van der Waals surface area contributed by atoms with E-state index in [9.17, 15) is 0 Å². The lowest BCUT2D eigenvalue weighted by Crippen LogP contribution is -1.98. The van der Waals surface area contributed by atoms with E-state index in [1.165, 1.54) is 27.4 Å². The van der Waals surface area contributed by atoms with Crippen LogP contribution >= 0.6 is 0 Å². The number of nitrogens with zero attached hydrogens (tertiary/aromatic N) is 4. The normalized spacial score (nSPS) is 10.7. The average Bonchev–Trinajstić information content (AvgIpc) is 3.23. The second-order valence-electron chi connectivity index (χ2n) is 8.36. The summed E-state index contributed by atoms with van der Waals surface area (Å²) >= 11 is 0. The minimum absolute atomic E-state index is 0.882. The number of fused-ring (bicyclic) bond motifs is 3. The van der Waals surface area contributed by atoms with E-state index < -0.39 is 0 Å². The first-order valence-corrected chi connectivity index (χ1v) is 11.6. The summed E-state index contributed by atoms with van der Waals surface area (Å²) in [5, 5.41) is 2.50. The predicted molar refractivity (Wildman–Crippen MR) is 146 cm³/mol. The molecular weight excluding hydrogens is 428 g/mol. The third-order valence-corrected chi connectivity index (χ3v) is 5.81. The topological polar surface area (TPSA) is 43.6 Å². The molecule has 0 amide bonds. The highest BCUT2D eigenvalue weighted by molar-refractivity contribution is 6.09. The Kier molecular flexibility index (Phi) is 6.18. The lowest BCUT2D eigenvalue weighted by Gasteiger charge is -2.13. The van der Waals surface area contributed by atoms with E-state index in [-0.39, 0.29) is 0 Å². The van der Waals surface area contributed by atoms with Gasteiger partial charge >= 0.3 is 0 Å². The lowest BCUT2D eigenvalue weighted by atomic mass is 10.1. The molecular formula is C31H26N4. The van der Waals surface area contributed by atoms with Crippen molar-refractivity contribution in [3.05, 3.63) is 122 Å². The van der Waals surface area contributed by atoms with E-state index in [0.717, 1.165) is 28.2 Å². The van der Waals surface area contributed by atoms with Gasteiger partial charge in [-0.25, -0.2) is 4.98 Å². The van der Waals surface area contributed by atoms with Crippen molar-refractivity contribution in [3.8, 4) is 28.2 Å². The van der Waals surface area contributed by atoms with E-state index in [1.54, 1.807) is 18.5 Å². The highest BCUT2D eigenvalue weighted by atomic mass is 15.0. The molecule has 4 nitrogen and oxygen atoms in total. The van der Waals surface area contributed by atoms with Crippen molar-refractivity contribution in [2.75, 3.05) is 0 Å². The van der Waals surface area contributed by atoms with Crippen LogP contribution in [0, 0.1) is 6.92 Å². The van der Waals surface area contributed by atoms with Gasteiger partial charge in [0.15, 0.2) is 0 Å². The van der Waals surface area contributed by atoms with E-state index in [2.05, 4.69) is 82.6 Å². The fourth-order valence-electron chi connectivity index (χ4n) is 4.33. The first-order valence-electron chi connectivity index (χ1n) is 11.6. The molecule has 0 N–H and O–H groups in total. The molecule has 0 aliphatic carbocycles. The second kappa shape index (κ2) is 9.74. The zero-order valence-electron chi connectivity index (χ0n) is 19.9. The maximum absolute atomic E-state index is 4.96. The Morgan fingerprint density at radius 1 is 0.714 bits per heavy atom. The fraction of sp³-hybridized carbons (Fsp3) is 0.0645. The maximum Gasteiger partial charge on any atom is 0.0745 e. The van der Waals surface area contributed by atoms with Crippen LogP contribution in [0.25, 0.3) is 50.0 Å². The van der Waals surface area contributed by atoms with Gasteiger partial charge in [-0.15, -0.1) is 6.58 Å². The number of aromatic nitrogens is 4. The SMILES string of the molecule is C=CC.Cc1ccc2c(c1)c1ccccc1n2-c1cc(-c2cccnc2)nc(-c2cccnc2)c1. The van der Waals surface area contributed by atoms with Crippen molar-refractivity contribution in [1.82, 2.24) is 19.5 Å². The van der Waals surface area contributed by atoms with Crippen molar-refractivity contribution in [2.24, 2.45) is 0 Å². The largest absolute Gasteiger partial charge is 0.309 e. The number of allylic oxidation sites excluding steroid dienone is 1. The minimum atomic E-state index is 0.882. The van der Waals surface area contributed by atoms with Gasteiger partial charge in [-0.1, -0.05) is 35.9 Å². The molecule has 4 heterocycles. The maximum atomic E-state index is 4.96. The van der Waals surface area contributed by atoms with Crippen LogP contribution in [0.1, 0.15) is 12.5 Å². The molecule has 0 atom stereocenters. The van der Waals surface area contributed by atoms with Crippen LogP contribution in [-0.2, 0) is 0 Å². The first kappa shape index (κ1) is 22.2. The molecule has 6 aromatic rings. The summed E-state index contributed by atoms with van der Waals surface area (Å²) in [6.07, 6.45) is 9.03. The standard InChI is InChI=1S/C28H20N4.C3H6/c1-19-10-11-28-24(14-19)23-8-2-3-9-27(23)32(28)22-15-25(20-6-4-12-29-17-20)31-26(16-22)21-7-5-13-30-18-21;1-3-2/h2-18H,1H3;3H,1H2,2H3. The van der Waals surface area contributed by atoms with E-state index in [4.69, 9.17) is 4.98 Å². The van der Waals surface area contributed by atoms with Crippen molar-refractivity contribution in [1.29, 1.82) is 0 Å². The number of pyridine rings is 3. The number of aryl methyl sites for hydroxylation is 1. The van der Waals surface area contributed by atoms with Gasteiger partial charge < -0.3 is 4.57 Å². The van der Waals surface area contributed by atoms with Crippen molar-refractivity contribution in [3.63, 3.8) is 0 Å². The average molecular weight is 455 g/mol. The van der Waals surface area contributed by atoms with E-state index in [0.29, 0.717) is 0 Å². The molecule has 0 saturated carbocycles. The Morgan fingerprint density at radius 2 is 1.31 bits per heavy atom. The Bertz CT molecular complexity index is 1560. The molecule has 0 fully saturated rings. The van der Waals surface area contributed by atoms with Crippen LogP contribution in [0.2, 0.25) is 0 Å². The van der Waals surface area contributed by atoms with Crippen LogP contribution in [0.4, 0.5) is 0 Å². The number of hydrogen-bond donors (Lipinski definition) is 0. The third kappa shape index (κ3) is 4.34. The second-order valence-corrected chi connectivity index (χ2v) is 8.36. The van der Waals surface area contributed by atoms with E-state index >= 15 is 0 Å². The summed E-state index contributed by atoms with van der Waals surface area (Å²) in [6.45, 7) is 7.39. The van der Waals surface area contributed by atoms with E-state index in [1.807, 2.05) is 43.6 Å². The van der Waals surface area contributed by atoms with Gasteiger partial charge in [-0.3, -0.25) is 9.97 Å². The lowest BCUT2D eigenvalue weighted by molar-refractivity contribution is 1.15.